The molecule has 0 aromatic heterocycles. The average molecular weight is 485 g/mol. The van der Waals surface area contributed by atoms with Crippen LogP contribution in [0.25, 0.3) is 0 Å². The van der Waals surface area contributed by atoms with Crippen molar-refractivity contribution in [2.24, 2.45) is 0 Å². The lowest BCUT2D eigenvalue weighted by atomic mass is 10.1. The van der Waals surface area contributed by atoms with Gasteiger partial charge in [-0.25, -0.2) is 4.39 Å². The number of benzene rings is 2. The molecule has 0 fully saturated rings. The average Bonchev–Trinajstić information content (AvgIpc) is 2.70. The lowest BCUT2D eigenvalue weighted by Crippen LogP contribution is -2.51. The fourth-order valence-electron chi connectivity index (χ4n) is 3.07. The Bertz CT molecular complexity index is 873. The molecule has 31 heavy (non-hydrogen) atoms. The molecule has 0 aliphatic carbocycles. The number of hydrogen-bond acceptors (Lipinski definition) is 3. The van der Waals surface area contributed by atoms with Crippen molar-refractivity contribution in [3.8, 4) is 0 Å². The molecule has 2 rings (SSSR count). The van der Waals surface area contributed by atoms with Gasteiger partial charge in [0.15, 0.2) is 0 Å². The first-order valence-corrected chi connectivity index (χ1v) is 12.0. The van der Waals surface area contributed by atoms with Crippen molar-refractivity contribution in [3.63, 3.8) is 0 Å². The van der Waals surface area contributed by atoms with Gasteiger partial charge in [-0.05, 0) is 50.1 Å². The Morgan fingerprint density at radius 1 is 1.10 bits per heavy atom. The second-order valence-electron chi connectivity index (χ2n) is 7.43. The van der Waals surface area contributed by atoms with Gasteiger partial charge in [0.1, 0.15) is 11.9 Å². The first-order valence-electron chi connectivity index (χ1n) is 10.1. The van der Waals surface area contributed by atoms with Crippen molar-refractivity contribution in [2.45, 2.75) is 51.6 Å². The molecular formula is C23H27Cl2FN2O2S. The topological polar surface area (TPSA) is 49.4 Å². The molecule has 1 atom stereocenters. The van der Waals surface area contributed by atoms with Crippen molar-refractivity contribution >= 4 is 46.8 Å². The molecule has 4 nitrogen and oxygen atoms in total. The molecule has 1 N–H and O–H groups in total. The van der Waals surface area contributed by atoms with E-state index in [0.29, 0.717) is 27.8 Å². The first kappa shape index (κ1) is 25.5. The van der Waals surface area contributed by atoms with Gasteiger partial charge in [0.05, 0.1) is 5.75 Å². The van der Waals surface area contributed by atoms with E-state index in [1.807, 2.05) is 20.8 Å². The fourth-order valence-corrected chi connectivity index (χ4v) is 4.46. The summed E-state index contributed by atoms with van der Waals surface area (Å²) in [7, 11) is 0. The lowest BCUT2D eigenvalue weighted by molar-refractivity contribution is -0.139. The third kappa shape index (κ3) is 7.70. The van der Waals surface area contributed by atoms with Crippen LogP contribution in [0.2, 0.25) is 10.0 Å². The standard InChI is InChI=1S/C23H27Cl2FN2O2S/c1-4-21(23(30)27-15(2)3)28(12-18-19(24)6-5-7-20(18)25)22(29)14-31-13-16-8-10-17(26)11-9-16/h5-11,15,21H,4,12-14H2,1-3H3,(H,27,30)/t21-/m1/s1. The summed E-state index contributed by atoms with van der Waals surface area (Å²) in [4.78, 5) is 27.5. The van der Waals surface area contributed by atoms with Crippen LogP contribution < -0.4 is 5.32 Å². The van der Waals surface area contributed by atoms with Crippen LogP contribution in [0.15, 0.2) is 42.5 Å². The molecule has 0 saturated carbocycles. The molecule has 2 amide bonds. The van der Waals surface area contributed by atoms with E-state index in [1.165, 1.54) is 23.9 Å². The fraction of sp³-hybridized carbons (Fsp3) is 0.391. The zero-order valence-corrected chi connectivity index (χ0v) is 20.2. The number of rotatable bonds is 10. The maximum Gasteiger partial charge on any atom is 0.243 e. The maximum absolute atomic E-state index is 13.2. The van der Waals surface area contributed by atoms with Crippen LogP contribution in [0, 0.1) is 5.82 Å². The summed E-state index contributed by atoms with van der Waals surface area (Å²) >= 11 is 14.1. The molecule has 0 aliphatic rings. The molecule has 168 valence electrons. The van der Waals surface area contributed by atoms with Gasteiger partial charge in [0, 0.05) is 33.9 Å². The van der Waals surface area contributed by atoms with E-state index < -0.39 is 6.04 Å². The van der Waals surface area contributed by atoms with Crippen LogP contribution in [0.5, 0.6) is 0 Å². The smallest absolute Gasteiger partial charge is 0.243 e. The molecule has 0 aliphatic heterocycles. The lowest BCUT2D eigenvalue weighted by Gasteiger charge is -2.31. The Morgan fingerprint density at radius 3 is 2.26 bits per heavy atom. The zero-order chi connectivity index (χ0) is 23.0. The van der Waals surface area contributed by atoms with E-state index in [4.69, 9.17) is 23.2 Å². The summed E-state index contributed by atoms with van der Waals surface area (Å²) in [5.74, 6) is 0.0352. The van der Waals surface area contributed by atoms with Gasteiger partial charge in [-0.15, -0.1) is 11.8 Å². The van der Waals surface area contributed by atoms with Crippen LogP contribution in [0.3, 0.4) is 0 Å². The number of thioether (sulfide) groups is 1. The van der Waals surface area contributed by atoms with Gasteiger partial charge < -0.3 is 10.2 Å². The van der Waals surface area contributed by atoms with E-state index >= 15 is 0 Å². The molecule has 0 saturated heterocycles. The van der Waals surface area contributed by atoms with E-state index in [2.05, 4.69) is 5.32 Å². The Labute approximate surface area is 197 Å². The van der Waals surface area contributed by atoms with Crippen molar-refractivity contribution in [1.82, 2.24) is 10.2 Å². The number of carbonyl (C=O) groups excluding carboxylic acids is 2. The Morgan fingerprint density at radius 2 is 1.71 bits per heavy atom. The summed E-state index contributed by atoms with van der Waals surface area (Å²) < 4.78 is 13.1. The Hall–Kier alpha value is -1.76. The molecule has 2 aromatic carbocycles. The number of carbonyl (C=O) groups is 2. The largest absolute Gasteiger partial charge is 0.352 e. The first-order chi connectivity index (χ1) is 14.7. The van der Waals surface area contributed by atoms with Crippen LogP contribution >= 0.6 is 35.0 Å². The monoisotopic (exact) mass is 484 g/mol. The van der Waals surface area contributed by atoms with E-state index in [1.54, 1.807) is 35.2 Å². The third-order valence-electron chi connectivity index (χ3n) is 4.61. The van der Waals surface area contributed by atoms with Crippen LogP contribution in [-0.2, 0) is 21.9 Å². The normalized spacial score (nSPS) is 12.0. The van der Waals surface area contributed by atoms with Gasteiger partial charge in [0.25, 0.3) is 0 Å². The minimum atomic E-state index is -0.645. The van der Waals surface area contributed by atoms with Gasteiger partial charge in [0.2, 0.25) is 11.8 Å². The maximum atomic E-state index is 13.2. The van der Waals surface area contributed by atoms with Crippen LogP contribution in [-0.4, -0.2) is 34.6 Å². The molecule has 0 heterocycles. The SMILES string of the molecule is CC[C@H](C(=O)NC(C)C)N(Cc1c(Cl)cccc1Cl)C(=O)CSCc1ccc(F)cc1. The zero-order valence-electron chi connectivity index (χ0n) is 17.8. The van der Waals surface area contributed by atoms with Crippen LogP contribution in [0.4, 0.5) is 4.39 Å². The predicted molar refractivity (Wildman–Crippen MR) is 127 cm³/mol. The second kappa shape index (κ2) is 12.3. The summed E-state index contributed by atoms with van der Waals surface area (Å²) in [6.07, 6.45) is 0.453. The number of amides is 2. The van der Waals surface area contributed by atoms with Gasteiger partial charge in [-0.3, -0.25) is 9.59 Å². The van der Waals surface area contributed by atoms with Gasteiger partial charge >= 0.3 is 0 Å². The number of nitrogens with one attached hydrogen (secondary N) is 1. The second-order valence-corrected chi connectivity index (χ2v) is 9.23. The predicted octanol–water partition coefficient (Wildman–Crippen LogP) is 5.70. The highest BCUT2D eigenvalue weighted by molar-refractivity contribution is 7.99. The van der Waals surface area contributed by atoms with Gasteiger partial charge in [-0.1, -0.05) is 48.3 Å². The minimum Gasteiger partial charge on any atom is -0.352 e. The molecule has 2 aromatic rings. The molecule has 8 heteroatoms. The van der Waals surface area contributed by atoms with E-state index in [0.717, 1.165) is 5.56 Å². The van der Waals surface area contributed by atoms with Crippen LogP contribution in [0.1, 0.15) is 38.3 Å². The van der Waals surface area contributed by atoms with Crippen molar-refractivity contribution < 1.29 is 14.0 Å². The van der Waals surface area contributed by atoms with E-state index in [-0.39, 0.29) is 36.0 Å². The quantitative estimate of drug-likeness (QED) is 0.470. The highest BCUT2D eigenvalue weighted by Crippen LogP contribution is 2.27. The minimum absolute atomic E-state index is 0.0461. The summed E-state index contributed by atoms with van der Waals surface area (Å²) in [5.41, 5.74) is 1.53. The molecule has 0 bridgehead atoms. The third-order valence-corrected chi connectivity index (χ3v) is 6.31. The van der Waals surface area contributed by atoms with E-state index in [9.17, 15) is 14.0 Å². The molecular weight excluding hydrogens is 458 g/mol. The molecule has 0 unspecified atom stereocenters. The van der Waals surface area contributed by atoms with Gasteiger partial charge in [-0.2, -0.15) is 0 Å². The highest BCUT2D eigenvalue weighted by atomic mass is 35.5. The van der Waals surface area contributed by atoms with Crippen molar-refractivity contribution in [3.05, 3.63) is 69.5 Å². The molecule has 0 radical (unpaired) electrons. The molecule has 0 spiro atoms. The highest BCUT2D eigenvalue weighted by Gasteiger charge is 2.29. The number of nitrogens with zero attached hydrogens (tertiary/aromatic N) is 1. The Balaban J connectivity index is 2.19. The summed E-state index contributed by atoms with van der Waals surface area (Å²) in [5, 5.41) is 3.79. The Kier molecular flexibility index (Phi) is 10.1. The van der Waals surface area contributed by atoms with Crippen molar-refractivity contribution in [2.75, 3.05) is 5.75 Å². The summed E-state index contributed by atoms with van der Waals surface area (Å²) in [6, 6.07) is 10.6. The summed E-state index contributed by atoms with van der Waals surface area (Å²) in [6.45, 7) is 5.75. The van der Waals surface area contributed by atoms with Crippen molar-refractivity contribution in [1.29, 1.82) is 0 Å². The number of hydrogen-bond donors (Lipinski definition) is 1. The number of halogens is 3.